The minimum atomic E-state index is -0.0556. The summed E-state index contributed by atoms with van der Waals surface area (Å²) in [6.07, 6.45) is 4.36. The SMILES string of the molecule is CCN(CC(C)(C)CN)C(=O)c1cc(Br)cn1C1CC1. The van der Waals surface area contributed by atoms with Gasteiger partial charge in [-0.3, -0.25) is 4.79 Å². The first kappa shape index (κ1) is 15.6. The van der Waals surface area contributed by atoms with Gasteiger partial charge in [0.05, 0.1) is 0 Å². The van der Waals surface area contributed by atoms with Gasteiger partial charge >= 0.3 is 0 Å². The molecule has 0 saturated heterocycles. The van der Waals surface area contributed by atoms with Gasteiger partial charge in [-0.2, -0.15) is 0 Å². The summed E-state index contributed by atoms with van der Waals surface area (Å²) in [5.74, 6) is 0.103. The molecule has 0 aromatic carbocycles. The molecule has 1 aliphatic rings. The highest BCUT2D eigenvalue weighted by Gasteiger charge is 2.30. The molecule has 1 heterocycles. The highest BCUT2D eigenvalue weighted by Crippen LogP contribution is 2.37. The highest BCUT2D eigenvalue weighted by atomic mass is 79.9. The van der Waals surface area contributed by atoms with Crippen LogP contribution >= 0.6 is 15.9 Å². The lowest BCUT2D eigenvalue weighted by Crippen LogP contribution is -2.42. The van der Waals surface area contributed by atoms with Crippen molar-refractivity contribution in [1.29, 1.82) is 0 Å². The molecule has 1 aromatic rings. The van der Waals surface area contributed by atoms with Crippen molar-refractivity contribution in [2.75, 3.05) is 19.6 Å². The first-order valence-corrected chi connectivity index (χ1v) is 8.04. The Hall–Kier alpha value is -0.810. The van der Waals surface area contributed by atoms with Gasteiger partial charge in [-0.05, 0) is 53.7 Å². The van der Waals surface area contributed by atoms with E-state index in [4.69, 9.17) is 5.73 Å². The maximum Gasteiger partial charge on any atom is 0.270 e. The lowest BCUT2D eigenvalue weighted by molar-refractivity contribution is 0.0689. The summed E-state index contributed by atoms with van der Waals surface area (Å²) >= 11 is 3.48. The molecule has 20 heavy (non-hydrogen) atoms. The van der Waals surface area contributed by atoms with E-state index in [0.717, 1.165) is 10.2 Å². The molecular weight excluding hydrogens is 318 g/mol. The molecule has 1 fully saturated rings. The second kappa shape index (κ2) is 5.90. The molecular formula is C15H24BrN3O. The van der Waals surface area contributed by atoms with Crippen LogP contribution in [0.25, 0.3) is 0 Å². The molecule has 1 aromatic heterocycles. The van der Waals surface area contributed by atoms with Crippen LogP contribution < -0.4 is 5.73 Å². The zero-order valence-electron chi connectivity index (χ0n) is 12.5. The van der Waals surface area contributed by atoms with E-state index in [1.165, 1.54) is 12.8 Å². The van der Waals surface area contributed by atoms with E-state index >= 15 is 0 Å². The Labute approximate surface area is 129 Å². The van der Waals surface area contributed by atoms with E-state index < -0.39 is 0 Å². The second-order valence-electron chi connectivity index (χ2n) is 6.37. The minimum Gasteiger partial charge on any atom is -0.339 e. The van der Waals surface area contributed by atoms with Crippen LogP contribution in [0.3, 0.4) is 0 Å². The third kappa shape index (κ3) is 3.44. The van der Waals surface area contributed by atoms with Crippen molar-refractivity contribution in [3.63, 3.8) is 0 Å². The maximum atomic E-state index is 12.8. The predicted molar refractivity (Wildman–Crippen MR) is 84.8 cm³/mol. The second-order valence-corrected chi connectivity index (χ2v) is 7.29. The molecule has 2 rings (SSSR count). The molecule has 4 nitrogen and oxygen atoms in total. The van der Waals surface area contributed by atoms with Crippen LogP contribution in [-0.4, -0.2) is 35.0 Å². The summed E-state index contributed by atoms with van der Waals surface area (Å²) in [4.78, 5) is 14.7. The van der Waals surface area contributed by atoms with Crippen molar-refractivity contribution >= 4 is 21.8 Å². The lowest BCUT2D eigenvalue weighted by Gasteiger charge is -2.31. The zero-order valence-corrected chi connectivity index (χ0v) is 14.1. The fourth-order valence-corrected chi connectivity index (χ4v) is 2.78. The number of carbonyl (C=O) groups excluding carboxylic acids is 1. The normalized spacial score (nSPS) is 15.4. The summed E-state index contributed by atoms with van der Waals surface area (Å²) in [5.41, 5.74) is 6.52. The van der Waals surface area contributed by atoms with Crippen LogP contribution in [0, 0.1) is 5.41 Å². The molecule has 5 heteroatoms. The lowest BCUT2D eigenvalue weighted by atomic mass is 9.93. The van der Waals surface area contributed by atoms with E-state index in [0.29, 0.717) is 25.7 Å². The maximum absolute atomic E-state index is 12.8. The van der Waals surface area contributed by atoms with Gasteiger partial charge < -0.3 is 15.2 Å². The average Bonchev–Trinajstić information content (AvgIpc) is 3.18. The molecule has 0 unspecified atom stereocenters. The van der Waals surface area contributed by atoms with E-state index in [1.807, 2.05) is 24.1 Å². The third-order valence-electron chi connectivity index (χ3n) is 3.81. The molecule has 1 amide bonds. The molecule has 0 bridgehead atoms. The smallest absolute Gasteiger partial charge is 0.270 e. The van der Waals surface area contributed by atoms with Gasteiger partial charge in [-0.25, -0.2) is 0 Å². The fourth-order valence-electron chi connectivity index (χ4n) is 2.34. The van der Waals surface area contributed by atoms with Gasteiger partial charge in [0.15, 0.2) is 0 Å². The molecule has 0 atom stereocenters. The van der Waals surface area contributed by atoms with Crippen LogP contribution in [0.2, 0.25) is 0 Å². The van der Waals surface area contributed by atoms with Gasteiger partial charge in [0, 0.05) is 29.8 Å². The average molecular weight is 342 g/mol. The Balaban J connectivity index is 2.20. The summed E-state index contributed by atoms with van der Waals surface area (Å²) in [6.45, 7) is 8.17. The van der Waals surface area contributed by atoms with Crippen molar-refractivity contribution in [1.82, 2.24) is 9.47 Å². The molecule has 0 radical (unpaired) electrons. The van der Waals surface area contributed by atoms with Gasteiger partial charge in [0.1, 0.15) is 5.69 Å². The highest BCUT2D eigenvalue weighted by molar-refractivity contribution is 9.10. The van der Waals surface area contributed by atoms with Crippen LogP contribution in [0.1, 0.15) is 50.1 Å². The zero-order chi connectivity index (χ0) is 14.9. The van der Waals surface area contributed by atoms with Crippen LogP contribution in [0.4, 0.5) is 0 Å². The fraction of sp³-hybridized carbons (Fsp3) is 0.667. The molecule has 112 valence electrons. The van der Waals surface area contributed by atoms with Gasteiger partial charge in [0.25, 0.3) is 5.91 Å². The Morgan fingerprint density at radius 3 is 2.70 bits per heavy atom. The van der Waals surface area contributed by atoms with Gasteiger partial charge in [0.2, 0.25) is 0 Å². The number of aromatic nitrogens is 1. The predicted octanol–water partition coefficient (Wildman–Crippen LogP) is 3.03. The Bertz CT molecular complexity index is 491. The molecule has 2 N–H and O–H groups in total. The number of carbonyl (C=O) groups is 1. The topological polar surface area (TPSA) is 51.3 Å². The minimum absolute atomic E-state index is 0.0556. The van der Waals surface area contributed by atoms with Crippen molar-refractivity contribution in [3.8, 4) is 0 Å². The summed E-state index contributed by atoms with van der Waals surface area (Å²) < 4.78 is 3.09. The number of amides is 1. The number of nitrogens with zero attached hydrogens (tertiary/aromatic N) is 2. The van der Waals surface area contributed by atoms with Crippen LogP contribution in [-0.2, 0) is 0 Å². The molecule has 0 aliphatic heterocycles. The van der Waals surface area contributed by atoms with Gasteiger partial charge in [-0.15, -0.1) is 0 Å². The quantitative estimate of drug-likeness (QED) is 0.864. The third-order valence-corrected chi connectivity index (χ3v) is 4.25. The van der Waals surface area contributed by atoms with E-state index in [9.17, 15) is 4.79 Å². The first-order chi connectivity index (χ1) is 9.38. The molecule has 1 saturated carbocycles. The number of nitrogens with two attached hydrogens (primary N) is 1. The largest absolute Gasteiger partial charge is 0.339 e. The summed E-state index contributed by atoms with van der Waals surface area (Å²) in [7, 11) is 0. The monoisotopic (exact) mass is 341 g/mol. The van der Waals surface area contributed by atoms with Gasteiger partial charge in [-0.1, -0.05) is 13.8 Å². The number of hydrogen-bond donors (Lipinski definition) is 1. The van der Waals surface area contributed by atoms with Crippen LogP contribution in [0.15, 0.2) is 16.7 Å². The summed E-state index contributed by atoms with van der Waals surface area (Å²) in [5, 5.41) is 0. The van der Waals surface area contributed by atoms with E-state index in [-0.39, 0.29) is 11.3 Å². The van der Waals surface area contributed by atoms with Crippen molar-refractivity contribution < 1.29 is 4.79 Å². The molecule has 0 spiro atoms. The van der Waals surface area contributed by atoms with E-state index in [2.05, 4.69) is 34.3 Å². The Morgan fingerprint density at radius 1 is 1.55 bits per heavy atom. The Kier molecular flexibility index (Phi) is 4.59. The number of rotatable bonds is 6. The van der Waals surface area contributed by atoms with Crippen LogP contribution in [0.5, 0.6) is 0 Å². The van der Waals surface area contributed by atoms with Crippen molar-refractivity contribution in [2.24, 2.45) is 11.1 Å². The number of halogens is 1. The standard InChI is InChI=1S/C15H24BrN3O/c1-4-18(10-15(2,3)9-17)14(20)13-7-11(16)8-19(13)12-5-6-12/h7-8,12H,4-6,9-10,17H2,1-3H3. The van der Waals surface area contributed by atoms with E-state index in [1.54, 1.807) is 0 Å². The first-order valence-electron chi connectivity index (χ1n) is 7.24. The molecule has 1 aliphatic carbocycles. The van der Waals surface area contributed by atoms with Crippen molar-refractivity contribution in [2.45, 2.75) is 39.7 Å². The van der Waals surface area contributed by atoms with Crippen molar-refractivity contribution in [3.05, 3.63) is 22.4 Å². The Morgan fingerprint density at radius 2 is 2.20 bits per heavy atom. The summed E-state index contributed by atoms with van der Waals surface area (Å²) in [6, 6.07) is 2.43. The number of hydrogen-bond acceptors (Lipinski definition) is 2.